The number of ether oxygens (including phenoxy) is 3. The molecule has 2 aliphatic heterocycles. The summed E-state index contributed by atoms with van der Waals surface area (Å²) in [5, 5.41) is 0. The van der Waals surface area contributed by atoms with Crippen LogP contribution in [0.15, 0.2) is 12.1 Å². The van der Waals surface area contributed by atoms with Crippen LogP contribution in [0.3, 0.4) is 0 Å². The Morgan fingerprint density at radius 2 is 2.00 bits per heavy atom. The lowest BCUT2D eigenvalue weighted by molar-refractivity contribution is 0.0648. The number of rotatable bonds is 5. The molecule has 0 saturated carbocycles. The maximum Gasteiger partial charge on any atom is 0.274 e. The molecular weight excluding hydrogens is 406 g/mol. The van der Waals surface area contributed by atoms with Gasteiger partial charge in [0.1, 0.15) is 11.5 Å². The lowest BCUT2D eigenvalue weighted by Gasteiger charge is -2.32. The zero-order valence-corrected chi connectivity index (χ0v) is 20.3. The molecule has 2 aromatic rings. The Labute approximate surface area is 190 Å². The highest BCUT2D eigenvalue weighted by Gasteiger charge is 2.35. The average molecular weight is 442 g/mol. The molecule has 1 amide bonds. The van der Waals surface area contributed by atoms with Gasteiger partial charge in [-0.15, -0.1) is 0 Å². The van der Waals surface area contributed by atoms with E-state index in [9.17, 15) is 4.79 Å². The monoisotopic (exact) mass is 441 g/mol. The average Bonchev–Trinajstić information content (AvgIpc) is 3.38. The van der Waals surface area contributed by atoms with Gasteiger partial charge in [0.25, 0.3) is 5.91 Å². The van der Waals surface area contributed by atoms with Crippen molar-refractivity contribution in [3.63, 3.8) is 0 Å². The van der Waals surface area contributed by atoms with Gasteiger partial charge in [-0.05, 0) is 65.5 Å². The highest BCUT2D eigenvalue weighted by molar-refractivity contribution is 5.94. The summed E-state index contributed by atoms with van der Waals surface area (Å²) in [6.45, 7) is 11.5. The van der Waals surface area contributed by atoms with Gasteiger partial charge in [0.2, 0.25) is 0 Å². The number of methoxy groups -OCH3 is 1. The molecule has 7 nitrogen and oxygen atoms in total. The molecule has 1 aromatic heterocycles. The van der Waals surface area contributed by atoms with Crippen LogP contribution < -0.4 is 9.47 Å². The number of nitrogens with zero attached hydrogens (tertiary/aromatic N) is 3. The van der Waals surface area contributed by atoms with Crippen molar-refractivity contribution in [2.24, 2.45) is 0 Å². The first kappa shape index (κ1) is 22.6. The van der Waals surface area contributed by atoms with Crippen molar-refractivity contribution < 1.29 is 19.0 Å². The maximum absolute atomic E-state index is 13.5. The van der Waals surface area contributed by atoms with E-state index in [-0.39, 0.29) is 23.5 Å². The van der Waals surface area contributed by atoms with Gasteiger partial charge in [-0.1, -0.05) is 0 Å². The van der Waals surface area contributed by atoms with Crippen molar-refractivity contribution in [3.05, 3.63) is 34.9 Å². The number of carbonyl (C=O) groups excluding carboxylic acids is 1. The Balaban J connectivity index is 1.89. The highest BCUT2D eigenvalue weighted by atomic mass is 16.5. The molecule has 0 aliphatic carbocycles. The smallest absolute Gasteiger partial charge is 0.274 e. The van der Waals surface area contributed by atoms with E-state index >= 15 is 0 Å². The summed E-state index contributed by atoms with van der Waals surface area (Å²) < 4.78 is 19.5. The molecule has 0 radical (unpaired) electrons. The molecular formula is C25H35N3O4. The van der Waals surface area contributed by atoms with Gasteiger partial charge in [0.15, 0.2) is 11.5 Å². The molecule has 1 saturated heterocycles. The molecule has 1 atom stereocenters. The maximum atomic E-state index is 13.5. The van der Waals surface area contributed by atoms with E-state index in [1.54, 1.807) is 12.0 Å². The first-order valence-corrected chi connectivity index (χ1v) is 11.5. The van der Waals surface area contributed by atoms with Crippen LogP contribution in [-0.4, -0.2) is 59.4 Å². The van der Waals surface area contributed by atoms with Crippen molar-refractivity contribution in [2.75, 3.05) is 27.4 Å². The van der Waals surface area contributed by atoms with Crippen LogP contribution in [0.2, 0.25) is 0 Å². The van der Waals surface area contributed by atoms with Crippen LogP contribution in [0.5, 0.6) is 11.5 Å². The minimum atomic E-state index is -0.289. The van der Waals surface area contributed by atoms with Crippen molar-refractivity contribution in [1.29, 1.82) is 0 Å². The van der Waals surface area contributed by atoms with Crippen LogP contribution in [0.4, 0.5) is 0 Å². The number of carbonyl (C=O) groups is 1. The van der Waals surface area contributed by atoms with E-state index < -0.39 is 0 Å². The zero-order chi connectivity index (χ0) is 23.2. The van der Waals surface area contributed by atoms with E-state index in [4.69, 9.17) is 19.2 Å². The molecule has 2 aliphatic rings. The topological polar surface area (TPSA) is 65.8 Å². The lowest BCUT2D eigenvalue weighted by atomic mass is 9.98. The largest absolute Gasteiger partial charge is 0.493 e. The Morgan fingerprint density at radius 1 is 1.25 bits per heavy atom. The summed E-state index contributed by atoms with van der Waals surface area (Å²) in [6, 6.07) is 4.10. The summed E-state index contributed by atoms with van der Waals surface area (Å²) in [4.78, 5) is 20.2. The summed E-state index contributed by atoms with van der Waals surface area (Å²) in [7, 11) is 3.52. The Kier molecular flexibility index (Phi) is 5.96. The molecule has 7 heteroatoms. The van der Waals surface area contributed by atoms with Gasteiger partial charge >= 0.3 is 0 Å². The first-order valence-electron chi connectivity index (χ1n) is 11.5. The van der Waals surface area contributed by atoms with Crippen molar-refractivity contribution in [3.8, 4) is 17.2 Å². The summed E-state index contributed by atoms with van der Waals surface area (Å²) in [6.07, 6.45) is 2.49. The Bertz CT molecular complexity index is 1010. The molecule has 0 spiro atoms. The molecule has 4 rings (SSSR count). The zero-order valence-electron chi connectivity index (χ0n) is 20.3. The standard InChI is InChI=1S/C25H35N3O4/c1-15(2)32-21-13-19-16(12-20(21)30-7)8-9-18-22(24(29)27(6)25(3,4)5)26-23(28(18)19)17-10-11-31-14-17/h12-13,15,17H,8-11,14H2,1-7H3. The highest BCUT2D eigenvalue weighted by Crippen LogP contribution is 2.40. The molecule has 3 heterocycles. The van der Waals surface area contributed by atoms with Crippen LogP contribution in [-0.2, 0) is 17.6 Å². The second-order valence-electron chi connectivity index (χ2n) is 9.99. The number of aryl methyl sites for hydroxylation is 1. The predicted molar refractivity (Wildman–Crippen MR) is 123 cm³/mol. The summed E-state index contributed by atoms with van der Waals surface area (Å²) >= 11 is 0. The number of fused-ring (bicyclic) bond motifs is 3. The minimum absolute atomic E-state index is 0.0214. The van der Waals surface area contributed by atoms with Gasteiger partial charge < -0.3 is 19.1 Å². The summed E-state index contributed by atoms with van der Waals surface area (Å²) in [5.41, 5.74) is 3.43. The number of benzene rings is 1. The fraction of sp³-hybridized carbons (Fsp3) is 0.600. The molecule has 1 aromatic carbocycles. The lowest BCUT2D eigenvalue weighted by Crippen LogP contribution is -2.43. The van der Waals surface area contributed by atoms with Crippen LogP contribution in [0, 0.1) is 0 Å². The second-order valence-corrected chi connectivity index (χ2v) is 9.99. The van der Waals surface area contributed by atoms with Crippen molar-refractivity contribution in [1.82, 2.24) is 14.5 Å². The third kappa shape index (κ3) is 3.98. The Morgan fingerprint density at radius 3 is 2.59 bits per heavy atom. The number of hydrogen-bond donors (Lipinski definition) is 0. The third-order valence-corrected chi connectivity index (χ3v) is 6.41. The Hall–Kier alpha value is -2.54. The molecule has 1 unspecified atom stereocenters. The van der Waals surface area contributed by atoms with Gasteiger partial charge in [0.05, 0.1) is 31.2 Å². The fourth-order valence-electron chi connectivity index (χ4n) is 4.38. The minimum Gasteiger partial charge on any atom is -0.493 e. The predicted octanol–water partition coefficient (Wildman–Crippen LogP) is 4.14. The van der Waals surface area contributed by atoms with E-state index in [1.165, 1.54) is 5.56 Å². The molecule has 32 heavy (non-hydrogen) atoms. The van der Waals surface area contributed by atoms with E-state index in [0.29, 0.717) is 18.1 Å². The van der Waals surface area contributed by atoms with Crippen molar-refractivity contribution in [2.45, 2.75) is 71.4 Å². The third-order valence-electron chi connectivity index (χ3n) is 6.41. The SMILES string of the molecule is COc1cc2c(cc1OC(C)C)-n1c(C3CCOC3)nc(C(=O)N(C)C(C)(C)C)c1CC2. The van der Waals surface area contributed by atoms with E-state index in [2.05, 4.69) is 10.6 Å². The van der Waals surface area contributed by atoms with Crippen LogP contribution in [0.25, 0.3) is 5.69 Å². The number of imidazole rings is 1. The van der Waals surface area contributed by atoms with Gasteiger partial charge in [0, 0.05) is 31.2 Å². The van der Waals surface area contributed by atoms with Gasteiger partial charge in [-0.25, -0.2) is 4.98 Å². The van der Waals surface area contributed by atoms with Crippen LogP contribution in [0.1, 0.15) is 74.5 Å². The molecule has 0 bridgehead atoms. The normalized spacial score (nSPS) is 17.8. The molecule has 1 fully saturated rings. The molecule has 0 N–H and O–H groups in total. The van der Waals surface area contributed by atoms with Gasteiger partial charge in [-0.3, -0.25) is 9.36 Å². The number of amides is 1. The first-order chi connectivity index (χ1) is 15.1. The fourth-order valence-corrected chi connectivity index (χ4v) is 4.38. The number of aromatic nitrogens is 2. The van der Waals surface area contributed by atoms with E-state index in [1.807, 2.05) is 47.7 Å². The number of hydrogen-bond acceptors (Lipinski definition) is 5. The summed E-state index contributed by atoms with van der Waals surface area (Å²) in [5.74, 6) is 2.47. The van der Waals surface area contributed by atoms with Crippen LogP contribution >= 0.6 is 0 Å². The quantitative estimate of drug-likeness (QED) is 0.698. The van der Waals surface area contributed by atoms with E-state index in [0.717, 1.165) is 48.8 Å². The van der Waals surface area contributed by atoms with Crippen molar-refractivity contribution >= 4 is 5.91 Å². The second kappa shape index (κ2) is 8.43. The van der Waals surface area contributed by atoms with Gasteiger partial charge in [-0.2, -0.15) is 0 Å². The molecule has 174 valence electrons.